The molecule has 0 saturated carbocycles. The smallest absolute Gasteiger partial charge is 0.266 e. The summed E-state index contributed by atoms with van der Waals surface area (Å²) in [5.41, 5.74) is 0.511. The first kappa shape index (κ1) is 21.3. The Balaban J connectivity index is 1.75. The summed E-state index contributed by atoms with van der Waals surface area (Å²) >= 11 is 0. The molecule has 1 saturated heterocycles. The molecule has 9 heteroatoms. The van der Waals surface area contributed by atoms with Crippen LogP contribution in [0.4, 0.5) is 19.0 Å². The SMILES string of the molecule is C[C@@H](Nc1ncnc2c1cc([C@H]1CCCNC1)c(=O)n2C)c1cccc(C(F)F)c1F. The van der Waals surface area contributed by atoms with Crippen LogP contribution < -0.4 is 16.2 Å². The van der Waals surface area contributed by atoms with E-state index in [1.807, 2.05) is 0 Å². The van der Waals surface area contributed by atoms with Crippen molar-refractivity contribution in [2.24, 2.45) is 7.05 Å². The predicted octanol–water partition coefficient (Wildman–Crippen LogP) is 4.05. The number of rotatable bonds is 5. The number of pyridine rings is 1. The monoisotopic (exact) mass is 431 g/mol. The average Bonchev–Trinajstić information content (AvgIpc) is 2.77. The molecule has 4 rings (SSSR count). The van der Waals surface area contributed by atoms with Crippen LogP contribution in [-0.4, -0.2) is 27.6 Å². The van der Waals surface area contributed by atoms with E-state index in [0.717, 1.165) is 32.0 Å². The van der Waals surface area contributed by atoms with Crippen LogP contribution in [-0.2, 0) is 7.05 Å². The van der Waals surface area contributed by atoms with Crippen molar-refractivity contribution in [1.29, 1.82) is 0 Å². The Morgan fingerprint density at radius 2 is 2.03 bits per heavy atom. The molecule has 0 radical (unpaired) electrons. The lowest BCUT2D eigenvalue weighted by molar-refractivity contribution is 0.146. The highest BCUT2D eigenvalue weighted by atomic mass is 19.3. The molecule has 0 unspecified atom stereocenters. The van der Waals surface area contributed by atoms with Crippen molar-refractivity contribution in [3.8, 4) is 0 Å². The summed E-state index contributed by atoms with van der Waals surface area (Å²) < 4.78 is 42.3. The quantitative estimate of drug-likeness (QED) is 0.638. The van der Waals surface area contributed by atoms with Gasteiger partial charge >= 0.3 is 0 Å². The van der Waals surface area contributed by atoms with Gasteiger partial charge in [0.2, 0.25) is 0 Å². The van der Waals surface area contributed by atoms with E-state index >= 15 is 0 Å². The summed E-state index contributed by atoms with van der Waals surface area (Å²) in [6, 6.07) is 5.13. The van der Waals surface area contributed by atoms with E-state index in [4.69, 9.17) is 0 Å². The molecule has 1 aliphatic heterocycles. The third-order valence-electron chi connectivity index (χ3n) is 5.88. The van der Waals surface area contributed by atoms with Gasteiger partial charge in [0.25, 0.3) is 12.0 Å². The number of aromatic nitrogens is 3. The molecule has 0 amide bonds. The summed E-state index contributed by atoms with van der Waals surface area (Å²) in [5, 5.41) is 7.06. The van der Waals surface area contributed by atoms with Gasteiger partial charge < -0.3 is 10.6 Å². The molecule has 0 aliphatic carbocycles. The fourth-order valence-corrected chi connectivity index (χ4v) is 4.17. The second kappa shape index (κ2) is 8.66. The predicted molar refractivity (Wildman–Crippen MR) is 113 cm³/mol. The van der Waals surface area contributed by atoms with Crippen LogP contribution >= 0.6 is 0 Å². The number of nitrogens with zero attached hydrogens (tertiary/aromatic N) is 3. The molecule has 3 heterocycles. The molecule has 2 N–H and O–H groups in total. The standard InChI is InChI=1S/C22H24F3N5O/c1-12(14-6-3-7-15(18(14)23)19(24)25)29-20-17-9-16(13-5-4-8-26-10-13)22(31)30(2)21(17)28-11-27-20/h3,6-7,9,11-13,19,26H,4-5,8,10H2,1-2H3,(H,27,28,29)/t12-,13+/m1/s1. The van der Waals surface area contributed by atoms with Crippen molar-refractivity contribution in [2.45, 2.75) is 38.2 Å². The van der Waals surface area contributed by atoms with Gasteiger partial charge in [-0.2, -0.15) is 0 Å². The number of nitrogens with one attached hydrogen (secondary N) is 2. The number of benzene rings is 1. The minimum Gasteiger partial charge on any atom is -0.363 e. The van der Waals surface area contributed by atoms with Gasteiger partial charge in [0.05, 0.1) is 17.0 Å². The second-order valence-electron chi connectivity index (χ2n) is 7.88. The van der Waals surface area contributed by atoms with Gasteiger partial charge in [0.1, 0.15) is 23.6 Å². The van der Waals surface area contributed by atoms with Gasteiger partial charge in [-0.3, -0.25) is 9.36 Å². The first-order chi connectivity index (χ1) is 14.9. The number of alkyl halides is 2. The van der Waals surface area contributed by atoms with Crippen LogP contribution in [0.25, 0.3) is 11.0 Å². The van der Waals surface area contributed by atoms with E-state index in [-0.39, 0.29) is 17.0 Å². The van der Waals surface area contributed by atoms with Crippen molar-refractivity contribution >= 4 is 16.9 Å². The van der Waals surface area contributed by atoms with Gasteiger partial charge in [0.15, 0.2) is 0 Å². The van der Waals surface area contributed by atoms with Gasteiger partial charge in [-0.25, -0.2) is 23.1 Å². The van der Waals surface area contributed by atoms with Crippen LogP contribution in [0.2, 0.25) is 0 Å². The van der Waals surface area contributed by atoms with Crippen molar-refractivity contribution in [1.82, 2.24) is 19.9 Å². The zero-order chi connectivity index (χ0) is 22.1. The normalized spacial score (nSPS) is 17.8. The van der Waals surface area contributed by atoms with E-state index in [1.165, 1.54) is 23.0 Å². The Labute approximate surface area is 177 Å². The summed E-state index contributed by atoms with van der Waals surface area (Å²) in [5.74, 6) is -0.431. The molecule has 3 aromatic rings. The molecule has 1 fully saturated rings. The van der Waals surface area contributed by atoms with Crippen molar-refractivity contribution in [2.75, 3.05) is 18.4 Å². The lowest BCUT2D eigenvalue weighted by Gasteiger charge is -2.24. The molecule has 31 heavy (non-hydrogen) atoms. The van der Waals surface area contributed by atoms with Gasteiger partial charge in [-0.15, -0.1) is 0 Å². The number of anilines is 1. The number of hydrogen-bond donors (Lipinski definition) is 2. The molecule has 6 nitrogen and oxygen atoms in total. The highest BCUT2D eigenvalue weighted by Gasteiger charge is 2.23. The maximum absolute atomic E-state index is 14.6. The highest BCUT2D eigenvalue weighted by Crippen LogP contribution is 2.31. The first-order valence-corrected chi connectivity index (χ1v) is 10.3. The van der Waals surface area contributed by atoms with Gasteiger partial charge in [0, 0.05) is 30.6 Å². The molecule has 0 bridgehead atoms. The van der Waals surface area contributed by atoms with E-state index in [2.05, 4.69) is 20.6 Å². The Morgan fingerprint density at radius 3 is 2.74 bits per heavy atom. The molecular formula is C22H24F3N5O. The van der Waals surface area contributed by atoms with Crippen LogP contribution in [0.5, 0.6) is 0 Å². The molecule has 0 spiro atoms. The number of fused-ring (bicyclic) bond motifs is 1. The van der Waals surface area contributed by atoms with Crippen molar-refractivity contribution < 1.29 is 13.2 Å². The zero-order valence-electron chi connectivity index (χ0n) is 17.3. The first-order valence-electron chi connectivity index (χ1n) is 10.3. The van der Waals surface area contributed by atoms with Gasteiger partial charge in [-0.05, 0) is 32.4 Å². The van der Waals surface area contributed by atoms with Crippen LogP contribution in [0.1, 0.15) is 54.8 Å². The van der Waals surface area contributed by atoms with Crippen LogP contribution in [0, 0.1) is 5.82 Å². The fraction of sp³-hybridized carbons (Fsp3) is 0.409. The highest BCUT2D eigenvalue weighted by molar-refractivity contribution is 5.87. The number of piperidine rings is 1. The van der Waals surface area contributed by atoms with Crippen LogP contribution in [0.3, 0.4) is 0 Å². The number of aryl methyl sites for hydroxylation is 1. The largest absolute Gasteiger partial charge is 0.363 e. The average molecular weight is 431 g/mol. The second-order valence-corrected chi connectivity index (χ2v) is 7.88. The summed E-state index contributed by atoms with van der Waals surface area (Å²) in [4.78, 5) is 21.5. The van der Waals surface area contributed by atoms with Crippen molar-refractivity contribution in [3.63, 3.8) is 0 Å². The maximum atomic E-state index is 14.6. The summed E-state index contributed by atoms with van der Waals surface area (Å²) in [7, 11) is 1.66. The van der Waals surface area contributed by atoms with E-state index < -0.39 is 23.8 Å². The lowest BCUT2D eigenvalue weighted by Crippen LogP contribution is -2.33. The third-order valence-corrected chi connectivity index (χ3v) is 5.88. The van der Waals surface area contributed by atoms with Crippen LogP contribution in [0.15, 0.2) is 35.4 Å². The Bertz CT molecular complexity index is 1160. The third kappa shape index (κ3) is 4.01. The zero-order valence-corrected chi connectivity index (χ0v) is 17.3. The summed E-state index contributed by atoms with van der Waals surface area (Å²) in [6.45, 7) is 3.33. The molecule has 1 aromatic carbocycles. The minimum atomic E-state index is -2.90. The molecule has 2 aromatic heterocycles. The Kier molecular flexibility index (Phi) is 5.95. The molecule has 164 valence electrons. The summed E-state index contributed by atoms with van der Waals surface area (Å²) in [6.07, 6.45) is 0.323. The van der Waals surface area contributed by atoms with Gasteiger partial charge in [-0.1, -0.05) is 18.2 Å². The van der Waals surface area contributed by atoms with Crippen molar-refractivity contribution in [3.05, 3.63) is 63.5 Å². The minimum absolute atomic E-state index is 0.0856. The molecule has 2 atom stereocenters. The molecular weight excluding hydrogens is 407 g/mol. The number of hydrogen-bond acceptors (Lipinski definition) is 5. The Hall–Kier alpha value is -2.94. The maximum Gasteiger partial charge on any atom is 0.266 e. The van der Waals surface area contributed by atoms with E-state index in [9.17, 15) is 18.0 Å². The molecule has 1 aliphatic rings. The fourth-order valence-electron chi connectivity index (χ4n) is 4.17. The van der Waals surface area contributed by atoms with E-state index in [0.29, 0.717) is 22.4 Å². The van der Waals surface area contributed by atoms with E-state index in [1.54, 1.807) is 20.0 Å². The Morgan fingerprint density at radius 1 is 1.26 bits per heavy atom. The number of halogens is 3. The topological polar surface area (TPSA) is 71.8 Å². The lowest BCUT2D eigenvalue weighted by atomic mass is 9.92.